The van der Waals surface area contributed by atoms with E-state index in [4.69, 9.17) is 0 Å². The number of hydrogen-bond acceptors (Lipinski definition) is 3. The molecular formula is C17H31N3O. The first kappa shape index (κ1) is 15.3. The van der Waals surface area contributed by atoms with Gasteiger partial charge in [-0.1, -0.05) is 13.8 Å². The van der Waals surface area contributed by atoms with Gasteiger partial charge in [-0.25, -0.2) is 0 Å². The molecule has 120 valence electrons. The van der Waals surface area contributed by atoms with Crippen molar-refractivity contribution in [2.45, 2.75) is 58.0 Å². The molecule has 3 fully saturated rings. The predicted molar refractivity (Wildman–Crippen MR) is 85.1 cm³/mol. The Morgan fingerprint density at radius 3 is 2.38 bits per heavy atom. The SMILES string of the molecule is CCN(CC)CC1CCN(C(=O)C2CC3CCC2N3)CC1. The molecule has 0 aromatic heterocycles. The fourth-order valence-electron chi connectivity index (χ4n) is 4.51. The number of nitrogens with zero attached hydrogens (tertiary/aromatic N) is 2. The summed E-state index contributed by atoms with van der Waals surface area (Å²) in [5.41, 5.74) is 0. The zero-order valence-corrected chi connectivity index (χ0v) is 13.7. The second-order valence-electron chi connectivity index (χ2n) is 7.14. The third-order valence-electron chi connectivity index (χ3n) is 5.95. The Morgan fingerprint density at radius 1 is 1.14 bits per heavy atom. The molecule has 0 spiro atoms. The number of likely N-dealkylation sites (tertiary alicyclic amines) is 1. The van der Waals surface area contributed by atoms with Crippen LogP contribution in [0.3, 0.4) is 0 Å². The number of fused-ring (bicyclic) bond motifs is 2. The van der Waals surface area contributed by atoms with Crippen molar-refractivity contribution in [2.24, 2.45) is 11.8 Å². The van der Waals surface area contributed by atoms with Crippen LogP contribution in [-0.2, 0) is 4.79 Å². The van der Waals surface area contributed by atoms with Gasteiger partial charge in [0.15, 0.2) is 0 Å². The van der Waals surface area contributed by atoms with Crippen molar-refractivity contribution >= 4 is 5.91 Å². The molecule has 0 aromatic carbocycles. The highest BCUT2D eigenvalue weighted by Crippen LogP contribution is 2.35. The van der Waals surface area contributed by atoms with Gasteiger partial charge in [-0.15, -0.1) is 0 Å². The van der Waals surface area contributed by atoms with E-state index < -0.39 is 0 Å². The lowest BCUT2D eigenvalue weighted by Crippen LogP contribution is -2.46. The van der Waals surface area contributed by atoms with Crippen molar-refractivity contribution in [1.29, 1.82) is 0 Å². The molecule has 3 saturated heterocycles. The molecule has 3 atom stereocenters. The minimum atomic E-state index is 0.281. The van der Waals surface area contributed by atoms with Crippen LogP contribution in [0.5, 0.6) is 0 Å². The van der Waals surface area contributed by atoms with Crippen LogP contribution in [0.2, 0.25) is 0 Å². The number of hydrogen-bond donors (Lipinski definition) is 1. The van der Waals surface area contributed by atoms with Crippen LogP contribution >= 0.6 is 0 Å². The average molecular weight is 293 g/mol. The van der Waals surface area contributed by atoms with E-state index in [1.54, 1.807) is 0 Å². The van der Waals surface area contributed by atoms with Crippen molar-refractivity contribution < 1.29 is 4.79 Å². The molecule has 4 heteroatoms. The molecule has 2 bridgehead atoms. The highest BCUT2D eigenvalue weighted by molar-refractivity contribution is 5.80. The molecule has 3 aliphatic rings. The third-order valence-corrected chi connectivity index (χ3v) is 5.95. The van der Waals surface area contributed by atoms with Crippen molar-refractivity contribution in [2.75, 3.05) is 32.7 Å². The van der Waals surface area contributed by atoms with Gasteiger partial charge in [0.1, 0.15) is 0 Å². The Bertz CT molecular complexity index is 361. The summed E-state index contributed by atoms with van der Waals surface area (Å²) in [6, 6.07) is 1.11. The zero-order chi connectivity index (χ0) is 14.8. The number of carbonyl (C=O) groups excluding carboxylic acids is 1. The number of piperidine rings is 1. The monoisotopic (exact) mass is 293 g/mol. The van der Waals surface area contributed by atoms with Gasteiger partial charge in [-0.05, 0) is 51.1 Å². The van der Waals surface area contributed by atoms with Crippen LogP contribution in [0, 0.1) is 11.8 Å². The van der Waals surface area contributed by atoms with E-state index in [-0.39, 0.29) is 5.92 Å². The topological polar surface area (TPSA) is 35.6 Å². The van der Waals surface area contributed by atoms with Gasteiger partial charge in [-0.2, -0.15) is 0 Å². The maximum Gasteiger partial charge on any atom is 0.227 e. The number of rotatable bonds is 5. The minimum absolute atomic E-state index is 0.281. The van der Waals surface area contributed by atoms with E-state index in [9.17, 15) is 4.79 Å². The third kappa shape index (κ3) is 3.26. The molecule has 21 heavy (non-hydrogen) atoms. The first-order chi connectivity index (χ1) is 10.2. The van der Waals surface area contributed by atoms with E-state index >= 15 is 0 Å². The summed E-state index contributed by atoms with van der Waals surface area (Å²) in [6.07, 6.45) is 5.95. The number of carbonyl (C=O) groups is 1. The molecule has 0 radical (unpaired) electrons. The molecule has 1 amide bonds. The first-order valence-electron chi connectivity index (χ1n) is 8.98. The Morgan fingerprint density at radius 2 is 1.86 bits per heavy atom. The van der Waals surface area contributed by atoms with Crippen LogP contribution in [-0.4, -0.2) is 60.5 Å². The van der Waals surface area contributed by atoms with Crippen LogP contribution in [0.25, 0.3) is 0 Å². The van der Waals surface area contributed by atoms with E-state index in [1.807, 2.05) is 0 Å². The normalized spacial score (nSPS) is 33.1. The van der Waals surface area contributed by atoms with Gasteiger partial charge in [0.25, 0.3) is 0 Å². The standard InChI is InChI=1S/C17H31N3O/c1-3-19(4-2)12-13-7-9-20(10-8-13)17(21)15-11-14-5-6-16(15)18-14/h13-16,18H,3-12H2,1-2H3. The molecule has 1 N–H and O–H groups in total. The second kappa shape index (κ2) is 6.66. The Hall–Kier alpha value is -0.610. The van der Waals surface area contributed by atoms with E-state index in [1.165, 1.54) is 32.2 Å². The molecule has 3 rings (SSSR count). The van der Waals surface area contributed by atoms with Crippen molar-refractivity contribution in [3.05, 3.63) is 0 Å². The van der Waals surface area contributed by atoms with Gasteiger partial charge in [0.05, 0.1) is 5.92 Å². The Balaban J connectivity index is 1.46. The lowest BCUT2D eigenvalue weighted by Gasteiger charge is -2.36. The van der Waals surface area contributed by atoms with Gasteiger partial charge < -0.3 is 15.1 Å². The van der Waals surface area contributed by atoms with Crippen molar-refractivity contribution in [3.8, 4) is 0 Å². The Kier molecular flexibility index (Phi) is 4.85. The molecule has 4 nitrogen and oxygen atoms in total. The predicted octanol–water partition coefficient (Wildman–Crippen LogP) is 1.71. The zero-order valence-electron chi connectivity index (χ0n) is 13.7. The summed E-state index contributed by atoms with van der Waals surface area (Å²) in [7, 11) is 0. The number of amides is 1. The summed E-state index contributed by atoms with van der Waals surface area (Å²) in [5.74, 6) is 1.51. The quantitative estimate of drug-likeness (QED) is 0.838. The van der Waals surface area contributed by atoms with E-state index in [0.717, 1.165) is 38.5 Å². The summed E-state index contributed by atoms with van der Waals surface area (Å²) in [6.45, 7) is 9.95. The van der Waals surface area contributed by atoms with Gasteiger partial charge >= 0.3 is 0 Å². The van der Waals surface area contributed by atoms with Crippen molar-refractivity contribution in [3.63, 3.8) is 0 Å². The van der Waals surface area contributed by atoms with Gasteiger partial charge in [-0.3, -0.25) is 4.79 Å². The maximum atomic E-state index is 12.7. The highest BCUT2D eigenvalue weighted by Gasteiger charge is 2.44. The molecule has 3 aliphatic heterocycles. The fraction of sp³-hybridized carbons (Fsp3) is 0.941. The van der Waals surface area contributed by atoms with Crippen LogP contribution in [0.4, 0.5) is 0 Å². The molecule has 3 unspecified atom stereocenters. The first-order valence-corrected chi connectivity index (χ1v) is 8.98. The fourth-order valence-corrected chi connectivity index (χ4v) is 4.51. The maximum absolute atomic E-state index is 12.7. The van der Waals surface area contributed by atoms with E-state index in [0.29, 0.717) is 18.0 Å². The average Bonchev–Trinajstić information content (AvgIpc) is 3.15. The van der Waals surface area contributed by atoms with Crippen molar-refractivity contribution in [1.82, 2.24) is 15.1 Å². The van der Waals surface area contributed by atoms with Crippen LogP contribution in [0.15, 0.2) is 0 Å². The lowest BCUT2D eigenvalue weighted by molar-refractivity contribution is -0.137. The Labute approximate surface area is 129 Å². The summed E-state index contributed by atoms with van der Waals surface area (Å²) in [4.78, 5) is 17.4. The smallest absolute Gasteiger partial charge is 0.227 e. The van der Waals surface area contributed by atoms with Gasteiger partial charge in [0.2, 0.25) is 5.91 Å². The molecule has 0 aliphatic carbocycles. The molecule has 0 aromatic rings. The van der Waals surface area contributed by atoms with Gasteiger partial charge in [0, 0.05) is 31.7 Å². The largest absolute Gasteiger partial charge is 0.342 e. The molecular weight excluding hydrogens is 262 g/mol. The van der Waals surface area contributed by atoms with E-state index in [2.05, 4.69) is 29.0 Å². The summed E-state index contributed by atoms with van der Waals surface area (Å²) in [5, 5.41) is 3.59. The number of nitrogens with one attached hydrogen (secondary N) is 1. The lowest BCUT2D eigenvalue weighted by atomic mass is 9.87. The highest BCUT2D eigenvalue weighted by atomic mass is 16.2. The van der Waals surface area contributed by atoms with Crippen LogP contribution in [0.1, 0.15) is 46.0 Å². The summed E-state index contributed by atoms with van der Waals surface area (Å²) >= 11 is 0. The molecule has 3 heterocycles. The second-order valence-corrected chi connectivity index (χ2v) is 7.14. The minimum Gasteiger partial charge on any atom is -0.342 e. The van der Waals surface area contributed by atoms with Crippen LogP contribution < -0.4 is 5.32 Å². The summed E-state index contributed by atoms with van der Waals surface area (Å²) < 4.78 is 0. The molecule has 0 saturated carbocycles.